The molecule has 0 fully saturated rings. The quantitative estimate of drug-likeness (QED) is 0.657. The van der Waals surface area contributed by atoms with Gasteiger partial charge in [-0.1, -0.05) is 31.5 Å². The van der Waals surface area contributed by atoms with E-state index in [1.54, 1.807) is 17.5 Å². The molecule has 0 bridgehead atoms. The van der Waals surface area contributed by atoms with Gasteiger partial charge in [-0.25, -0.2) is 4.99 Å². The normalized spacial score (nSPS) is 19.2. The average molecular weight is 367 g/mol. The van der Waals surface area contributed by atoms with Gasteiger partial charge in [-0.2, -0.15) is 5.10 Å². The van der Waals surface area contributed by atoms with Crippen LogP contribution in [0.1, 0.15) is 43.7 Å². The molecule has 2 atom stereocenters. The summed E-state index contributed by atoms with van der Waals surface area (Å²) in [5, 5.41) is 10.5. The summed E-state index contributed by atoms with van der Waals surface area (Å²) in [6.45, 7) is 4.31. The molecule has 0 amide bonds. The Morgan fingerprint density at radius 2 is 2.15 bits per heavy atom. The minimum Gasteiger partial charge on any atom is -0.465 e. The molecule has 3 aromatic rings. The Bertz CT molecular complexity index is 972. The number of nitrogens with zero attached hydrogens (tertiary/aromatic N) is 2. The van der Waals surface area contributed by atoms with Crippen molar-refractivity contribution in [3.63, 3.8) is 0 Å². The van der Waals surface area contributed by atoms with Gasteiger partial charge in [0.05, 0.1) is 12.8 Å². The lowest BCUT2D eigenvalue weighted by molar-refractivity contribution is -0.146. The monoisotopic (exact) mass is 367 g/mol. The summed E-state index contributed by atoms with van der Waals surface area (Å²) >= 11 is 1.70. The number of hydrogen-bond donors (Lipinski definition) is 1. The zero-order valence-electron chi connectivity index (χ0n) is 14.9. The van der Waals surface area contributed by atoms with Crippen molar-refractivity contribution in [1.82, 2.24) is 10.2 Å². The Hall–Kier alpha value is -2.47. The second-order valence-electron chi connectivity index (χ2n) is 6.42. The van der Waals surface area contributed by atoms with Gasteiger partial charge in [0.15, 0.2) is 5.82 Å². The largest absolute Gasteiger partial charge is 0.465 e. The number of hydrogen-bond acceptors (Lipinski definition) is 5. The molecule has 134 valence electrons. The van der Waals surface area contributed by atoms with Crippen LogP contribution in [0.15, 0.2) is 40.8 Å². The van der Waals surface area contributed by atoms with Crippen molar-refractivity contribution in [2.45, 2.75) is 32.6 Å². The summed E-state index contributed by atoms with van der Waals surface area (Å²) in [6.07, 6.45) is 3.48. The maximum absolute atomic E-state index is 12.9. The molecular weight excluding hydrogens is 346 g/mol. The molecule has 0 aliphatic carbocycles. The summed E-state index contributed by atoms with van der Waals surface area (Å²) in [5.74, 6) is 0.00886. The maximum atomic E-state index is 12.9. The van der Waals surface area contributed by atoms with E-state index in [0.717, 1.165) is 35.5 Å². The highest BCUT2D eigenvalue weighted by Gasteiger charge is 2.41. The van der Waals surface area contributed by atoms with Crippen molar-refractivity contribution in [3.05, 3.63) is 47.0 Å². The lowest BCUT2D eigenvalue weighted by atomic mass is 9.76. The van der Waals surface area contributed by atoms with E-state index in [1.165, 1.54) is 10.1 Å². The van der Waals surface area contributed by atoms with Gasteiger partial charge in [0, 0.05) is 21.9 Å². The molecule has 6 heteroatoms. The van der Waals surface area contributed by atoms with Crippen LogP contribution in [-0.4, -0.2) is 28.5 Å². The molecule has 26 heavy (non-hydrogen) atoms. The third kappa shape index (κ3) is 2.74. The number of aromatic amines is 1. The van der Waals surface area contributed by atoms with Gasteiger partial charge in [-0.05, 0) is 35.7 Å². The lowest BCUT2D eigenvalue weighted by Crippen LogP contribution is -2.34. The first-order valence-corrected chi connectivity index (χ1v) is 9.86. The van der Waals surface area contributed by atoms with Gasteiger partial charge in [-0.15, -0.1) is 11.3 Å². The fourth-order valence-corrected chi connectivity index (χ4v) is 4.72. The molecule has 0 spiro atoms. The molecule has 1 aromatic carbocycles. The maximum Gasteiger partial charge on any atom is 0.315 e. The molecule has 4 rings (SSSR count). The first-order valence-electron chi connectivity index (χ1n) is 8.98. The van der Waals surface area contributed by atoms with E-state index in [1.807, 2.05) is 6.92 Å². The summed E-state index contributed by atoms with van der Waals surface area (Å²) in [7, 11) is 0. The van der Waals surface area contributed by atoms with Crippen molar-refractivity contribution < 1.29 is 9.53 Å². The number of aliphatic imine (C=N–C) groups is 1. The van der Waals surface area contributed by atoms with Gasteiger partial charge < -0.3 is 4.74 Å². The van der Waals surface area contributed by atoms with Crippen molar-refractivity contribution in [1.29, 1.82) is 0 Å². The van der Waals surface area contributed by atoms with E-state index >= 15 is 0 Å². The molecule has 0 saturated carbocycles. The number of thiophene rings is 1. The number of rotatable bonds is 5. The molecule has 1 aliphatic heterocycles. The first kappa shape index (κ1) is 17.0. The lowest BCUT2D eigenvalue weighted by Gasteiger charge is -2.30. The van der Waals surface area contributed by atoms with Crippen molar-refractivity contribution in [2.24, 2.45) is 10.9 Å². The molecule has 2 aromatic heterocycles. The second-order valence-corrected chi connectivity index (χ2v) is 7.34. The number of carbonyl (C=O) groups is 1. The minimum absolute atomic E-state index is 0.135. The molecule has 1 N–H and O–H groups in total. The standard InChI is InChI=1S/C20H21N3O2S/c1-3-6-15-17(20(24)25-4-2)16(14-11-21-23-19(14)22-15)13-8-5-7-12-9-10-26-18(12)13/h5,7-11,16-17H,3-4,6H2,1-2H3,(H,21,23). The Morgan fingerprint density at radius 3 is 2.96 bits per heavy atom. The first-order chi connectivity index (χ1) is 12.7. The van der Waals surface area contributed by atoms with E-state index in [4.69, 9.17) is 9.73 Å². The van der Waals surface area contributed by atoms with Gasteiger partial charge in [0.2, 0.25) is 0 Å². The molecule has 2 unspecified atom stereocenters. The van der Waals surface area contributed by atoms with E-state index in [9.17, 15) is 4.79 Å². The van der Waals surface area contributed by atoms with Crippen LogP contribution in [0.4, 0.5) is 5.82 Å². The Morgan fingerprint density at radius 1 is 1.27 bits per heavy atom. The molecule has 0 saturated heterocycles. The van der Waals surface area contributed by atoms with Crippen molar-refractivity contribution >= 4 is 38.9 Å². The van der Waals surface area contributed by atoms with Gasteiger partial charge >= 0.3 is 5.97 Å². The van der Waals surface area contributed by atoms with Crippen LogP contribution in [0.2, 0.25) is 0 Å². The van der Waals surface area contributed by atoms with Crippen LogP contribution in [0.3, 0.4) is 0 Å². The number of fused-ring (bicyclic) bond motifs is 2. The zero-order chi connectivity index (χ0) is 18.1. The number of nitrogens with one attached hydrogen (secondary N) is 1. The molecule has 1 aliphatic rings. The summed E-state index contributed by atoms with van der Waals surface area (Å²) < 4.78 is 6.65. The third-order valence-corrected chi connectivity index (χ3v) is 5.80. The van der Waals surface area contributed by atoms with Crippen molar-refractivity contribution in [2.75, 3.05) is 6.61 Å². The molecule has 5 nitrogen and oxygen atoms in total. The van der Waals surface area contributed by atoms with Gasteiger partial charge in [0.1, 0.15) is 5.92 Å². The van der Waals surface area contributed by atoms with Crippen LogP contribution in [0.5, 0.6) is 0 Å². The smallest absolute Gasteiger partial charge is 0.315 e. The number of carbonyl (C=O) groups excluding carboxylic acids is 1. The minimum atomic E-state index is -0.410. The van der Waals surface area contributed by atoms with Gasteiger partial charge in [-0.3, -0.25) is 9.89 Å². The van der Waals surface area contributed by atoms with E-state index in [2.05, 4.69) is 46.8 Å². The summed E-state index contributed by atoms with van der Waals surface area (Å²) in [6, 6.07) is 8.39. The predicted octanol–water partition coefficient (Wildman–Crippen LogP) is 4.82. The topological polar surface area (TPSA) is 67.3 Å². The third-order valence-electron chi connectivity index (χ3n) is 4.82. The van der Waals surface area contributed by atoms with Crippen LogP contribution >= 0.6 is 11.3 Å². The SMILES string of the molecule is CCCC1=Nc2[nH]ncc2C(c2cccc3ccsc23)C1C(=O)OCC. The molecular formula is C20H21N3O2S. The Balaban J connectivity index is 1.92. The number of aromatic nitrogens is 2. The Labute approximate surface area is 156 Å². The van der Waals surface area contributed by atoms with Gasteiger partial charge in [0.25, 0.3) is 0 Å². The predicted molar refractivity (Wildman–Crippen MR) is 104 cm³/mol. The number of esters is 1. The summed E-state index contributed by atoms with van der Waals surface area (Å²) in [5.41, 5.74) is 2.98. The second kappa shape index (κ2) is 7.03. The summed E-state index contributed by atoms with van der Waals surface area (Å²) in [4.78, 5) is 17.7. The number of benzene rings is 1. The highest BCUT2D eigenvalue weighted by Crippen LogP contribution is 2.45. The van der Waals surface area contributed by atoms with Crippen LogP contribution in [-0.2, 0) is 9.53 Å². The Kier molecular flexibility index (Phi) is 4.59. The average Bonchev–Trinajstić information content (AvgIpc) is 3.29. The molecule has 0 radical (unpaired) electrons. The van der Waals surface area contributed by atoms with Crippen LogP contribution < -0.4 is 0 Å². The fraction of sp³-hybridized carbons (Fsp3) is 0.350. The van der Waals surface area contributed by atoms with Crippen LogP contribution in [0, 0.1) is 5.92 Å². The highest BCUT2D eigenvalue weighted by atomic mass is 32.1. The fourth-order valence-electron chi connectivity index (χ4n) is 3.77. The van der Waals surface area contributed by atoms with E-state index in [-0.39, 0.29) is 11.9 Å². The number of ether oxygens (including phenoxy) is 1. The number of H-pyrrole nitrogens is 1. The van der Waals surface area contributed by atoms with E-state index < -0.39 is 5.92 Å². The molecule has 3 heterocycles. The van der Waals surface area contributed by atoms with E-state index in [0.29, 0.717) is 6.61 Å². The zero-order valence-corrected chi connectivity index (χ0v) is 15.7. The van der Waals surface area contributed by atoms with Crippen molar-refractivity contribution in [3.8, 4) is 0 Å². The highest BCUT2D eigenvalue weighted by molar-refractivity contribution is 7.17. The van der Waals surface area contributed by atoms with Crippen LogP contribution in [0.25, 0.3) is 10.1 Å².